The smallest absolute Gasteiger partial charge is 0.228 e. The molecule has 28 heavy (non-hydrogen) atoms. The first-order valence-electron chi connectivity index (χ1n) is 9.81. The Kier molecular flexibility index (Phi) is 4.70. The fraction of sp³-hybridized carbons (Fsp3) is 0.381. The molecular formula is C21H23N5OS. The van der Waals surface area contributed by atoms with Crippen LogP contribution < -0.4 is 5.32 Å². The van der Waals surface area contributed by atoms with E-state index < -0.39 is 0 Å². The molecule has 2 aliphatic rings. The molecule has 144 valence electrons. The summed E-state index contributed by atoms with van der Waals surface area (Å²) in [4.78, 5) is 19.4. The van der Waals surface area contributed by atoms with Gasteiger partial charge in [-0.1, -0.05) is 30.3 Å². The van der Waals surface area contributed by atoms with Gasteiger partial charge in [-0.05, 0) is 12.8 Å². The van der Waals surface area contributed by atoms with Crippen molar-refractivity contribution in [2.45, 2.75) is 38.4 Å². The van der Waals surface area contributed by atoms with Crippen LogP contribution >= 0.6 is 11.3 Å². The molecule has 1 saturated heterocycles. The summed E-state index contributed by atoms with van der Waals surface area (Å²) in [5.74, 6) is 0.177. The molecule has 0 atom stereocenters. The van der Waals surface area contributed by atoms with Gasteiger partial charge in [0.05, 0.1) is 30.0 Å². The molecule has 7 heteroatoms. The molecule has 5 rings (SSSR count). The Morgan fingerprint density at radius 3 is 2.82 bits per heavy atom. The number of amides is 1. The summed E-state index contributed by atoms with van der Waals surface area (Å²) >= 11 is 1.60. The quantitative estimate of drug-likeness (QED) is 0.740. The zero-order chi connectivity index (χ0) is 18.9. The summed E-state index contributed by atoms with van der Waals surface area (Å²) in [6.07, 6.45) is 4.30. The van der Waals surface area contributed by atoms with E-state index >= 15 is 0 Å². The zero-order valence-corrected chi connectivity index (χ0v) is 16.5. The summed E-state index contributed by atoms with van der Waals surface area (Å²) in [5.41, 5.74) is 4.61. The lowest BCUT2D eigenvalue weighted by atomic mass is 10.0. The normalized spacial score (nSPS) is 17.1. The van der Waals surface area contributed by atoms with Gasteiger partial charge in [-0.15, -0.1) is 11.3 Å². The Morgan fingerprint density at radius 1 is 1.18 bits per heavy atom. The van der Waals surface area contributed by atoms with Crippen molar-refractivity contribution < 1.29 is 4.79 Å². The highest BCUT2D eigenvalue weighted by Crippen LogP contribution is 2.28. The maximum absolute atomic E-state index is 12.8. The molecule has 1 N–H and O–H groups in total. The molecule has 4 heterocycles. The van der Waals surface area contributed by atoms with Gasteiger partial charge < -0.3 is 10.2 Å². The summed E-state index contributed by atoms with van der Waals surface area (Å²) in [6.45, 7) is 3.41. The molecule has 2 aliphatic heterocycles. The van der Waals surface area contributed by atoms with E-state index in [1.807, 2.05) is 34.7 Å². The SMILES string of the molecule is O=C(Cc1csc(-c2ccccc2)n1)N1CCC(n2ncc3c2CNC3)CC1. The molecule has 2 aromatic heterocycles. The number of carbonyl (C=O) groups is 1. The second-order valence-corrected chi connectivity index (χ2v) is 8.32. The topological polar surface area (TPSA) is 63.1 Å². The molecule has 3 aromatic rings. The van der Waals surface area contributed by atoms with Gasteiger partial charge in [-0.25, -0.2) is 4.98 Å². The van der Waals surface area contributed by atoms with Crippen LogP contribution in [0.25, 0.3) is 10.6 Å². The van der Waals surface area contributed by atoms with Crippen molar-refractivity contribution in [1.29, 1.82) is 0 Å². The maximum Gasteiger partial charge on any atom is 0.228 e. The fourth-order valence-electron chi connectivity index (χ4n) is 4.12. The molecule has 1 amide bonds. The van der Waals surface area contributed by atoms with Crippen LogP contribution in [-0.4, -0.2) is 38.7 Å². The first kappa shape index (κ1) is 17.6. The number of piperidine rings is 1. The van der Waals surface area contributed by atoms with Crippen LogP contribution in [0.15, 0.2) is 41.9 Å². The zero-order valence-electron chi connectivity index (χ0n) is 15.7. The molecular weight excluding hydrogens is 370 g/mol. The van der Waals surface area contributed by atoms with Crippen LogP contribution in [0.2, 0.25) is 0 Å². The Hall–Kier alpha value is -2.51. The van der Waals surface area contributed by atoms with Crippen molar-refractivity contribution in [3.8, 4) is 10.6 Å². The van der Waals surface area contributed by atoms with Crippen LogP contribution in [0.5, 0.6) is 0 Å². The number of thiazole rings is 1. The average Bonchev–Trinajstić information content (AvgIpc) is 3.46. The van der Waals surface area contributed by atoms with Gasteiger partial charge in [0.1, 0.15) is 5.01 Å². The number of carbonyl (C=O) groups excluding carboxylic acids is 1. The van der Waals surface area contributed by atoms with Gasteiger partial charge in [0.2, 0.25) is 5.91 Å². The van der Waals surface area contributed by atoms with Gasteiger partial charge >= 0.3 is 0 Å². The lowest BCUT2D eigenvalue weighted by Gasteiger charge is -2.32. The standard InChI is InChI=1S/C21H23N5OS/c27-20(10-17-14-28-21(24-17)15-4-2-1-3-5-15)25-8-6-18(7-9-25)26-19-13-22-11-16(19)12-23-26/h1-5,12,14,18,22H,6-11,13H2. The van der Waals surface area contributed by atoms with Crippen molar-refractivity contribution in [2.75, 3.05) is 13.1 Å². The number of fused-ring (bicyclic) bond motifs is 1. The number of hydrogen-bond donors (Lipinski definition) is 1. The molecule has 1 fully saturated rings. The maximum atomic E-state index is 12.8. The highest BCUT2D eigenvalue weighted by Gasteiger charge is 2.27. The molecule has 0 unspecified atom stereocenters. The lowest BCUT2D eigenvalue weighted by Crippen LogP contribution is -2.40. The second kappa shape index (κ2) is 7.48. The number of rotatable bonds is 4. The summed E-state index contributed by atoms with van der Waals surface area (Å²) < 4.78 is 2.18. The van der Waals surface area contributed by atoms with Crippen LogP contribution in [0.1, 0.15) is 35.8 Å². The number of nitrogens with one attached hydrogen (secondary N) is 1. The van der Waals surface area contributed by atoms with E-state index in [0.29, 0.717) is 12.5 Å². The summed E-state index contributed by atoms with van der Waals surface area (Å²) in [5, 5.41) is 11.0. The van der Waals surface area contributed by atoms with E-state index in [4.69, 9.17) is 0 Å². The van der Waals surface area contributed by atoms with Gasteiger partial charge in [0.15, 0.2) is 0 Å². The highest BCUT2D eigenvalue weighted by molar-refractivity contribution is 7.13. The van der Waals surface area contributed by atoms with E-state index in [1.165, 1.54) is 11.3 Å². The average molecular weight is 394 g/mol. The summed E-state index contributed by atoms with van der Waals surface area (Å²) in [6, 6.07) is 10.5. The third kappa shape index (κ3) is 3.36. The van der Waals surface area contributed by atoms with Crippen LogP contribution in [0.3, 0.4) is 0 Å². The number of nitrogens with zero attached hydrogens (tertiary/aromatic N) is 4. The molecule has 1 aromatic carbocycles. The van der Waals surface area contributed by atoms with Crippen LogP contribution in [0, 0.1) is 0 Å². The third-order valence-corrected chi connectivity index (χ3v) is 6.60. The fourth-order valence-corrected chi connectivity index (χ4v) is 4.95. The number of likely N-dealkylation sites (tertiary alicyclic amines) is 1. The van der Waals surface area contributed by atoms with Gasteiger partial charge in [0, 0.05) is 42.7 Å². The minimum absolute atomic E-state index is 0.177. The van der Waals surface area contributed by atoms with E-state index in [0.717, 1.165) is 55.3 Å². The van der Waals surface area contributed by atoms with Crippen LogP contribution in [0.4, 0.5) is 0 Å². The Morgan fingerprint density at radius 2 is 2.00 bits per heavy atom. The third-order valence-electron chi connectivity index (χ3n) is 5.66. The van der Waals surface area contributed by atoms with Gasteiger partial charge in [-0.3, -0.25) is 9.48 Å². The minimum Gasteiger partial charge on any atom is -0.342 e. The Labute approximate surface area is 168 Å². The highest BCUT2D eigenvalue weighted by atomic mass is 32.1. The van der Waals surface area contributed by atoms with E-state index in [1.54, 1.807) is 11.3 Å². The molecule has 6 nitrogen and oxygen atoms in total. The van der Waals surface area contributed by atoms with Crippen molar-refractivity contribution in [2.24, 2.45) is 0 Å². The molecule has 0 aliphatic carbocycles. The summed E-state index contributed by atoms with van der Waals surface area (Å²) in [7, 11) is 0. The monoisotopic (exact) mass is 393 g/mol. The first-order valence-corrected chi connectivity index (χ1v) is 10.7. The van der Waals surface area contributed by atoms with Gasteiger partial charge in [-0.2, -0.15) is 5.10 Å². The Bertz CT molecular complexity index is 972. The Balaban J connectivity index is 1.19. The number of hydrogen-bond acceptors (Lipinski definition) is 5. The molecule has 0 radical (unpaired) electrons. The van der Waals surface area contributed by atoms with E-state index in [2.05, 4.69) is 32.2 Å². The van der Waals surface area contributed by atoms with Crippen molar-refractivity contribution >= 4 is 17.2 Å². The van der Waals surface area contributed by atoms with E-state index in [9.17, 15) is 4.79 Å². The molecule has 0 saturated carbocycles. The lowest BCUT2D eigenvalue weighted by molar-refractivity contribution is -0.131. The van der Waals surface area contributed by atoms with Gasteiger partial charge in [0.25, 0.3) is 0 Å². The van der Waals surface area contributed by atoms with E-state index in [-0.39, 0.29) is 5.91 Å². The predicted molar refractivity (Wildman–Crippen MR) is 109 cm³/mol. The second-order valence-electron chi connectivity index (χ2n) is 7.46. The minimum atomic E-state index is 0.177. The van der Waals surface area contributed by atoms with Crippen molar-refractivity contribution in [3.05, 3.63) is 58.9 Å². The van der Waals surface area contributed by atoms with Crippen molar-refractivity contribution in [1.82, 2.24) is 25.0 Å². The molecule has 0 spiro atoms. The molecule has 0 bridgehead atoms. The first-order chi connectivity index (χ1) is 13.8. The van der Waals surface area contributed by atoms with Crippen molar-refractivity contribution in [3.63, 3.8) is 0 Å². The predicted octanol–water partition coefficient (Wildman–Crippen LogP) is 3.02. The number of aromatic nitrogens is 3. The largest absolute Gasteiger partial charge is 0.342 e. The number of benzene rings is 1. The van der Waals surface area contributed by atoms with Crippen LogP contribution in [-0.2, 0) is 24.3 Å².